The predicted octanol–water partition coefficient (Wildman–Crippen LogP) is 4.45. The summed E-state index contributed by atoms with van der Waals surface area (Å²) < 4.78 is 2.81. The van der Waals surface area contributed by atoms with Gasteiger partial charge in [0.2, 0.25) is 11.6 Å². The van der Waals surface area contributed by atoms with E-state index in [0.717, 1.165) is 29.5 Å². The van der Waals surface area contributed by atoms with Crippen LogP contribution >= 0.6 is 0 Å². The molecule has 1 aliphatic carbocycles. The Hall–Kier alpha value is -5.11. The van der Waals surface area contributed by atoms with E-state index in [-0.39, 0.29) is 17.2 Å². The summed E-state index contributed by atoms with van der Waals surface area (Å²) >= 11 is 0. The lowest BCUT2D eigenvalue weighted by molar-refractivity contribution is 0.101. The van der Waals surface area contributed by atoms with Crippen LogP contribution in [0.15, 0.2) is 95.9 Å². The molecule has 37 heavy (non-hydrogen) atoms. The maximum atomic E-state index is 14.2. The van der Waals surface area contributed by atoms with E-state index in [1.165, 1.54) is 14.6 Å². The lowest BCUT2D eigenvalue weighted by Gasteiger charge is -2.20. The topological polar surface area (TPSA) is 94.2 Å². The van der Waals surface area contributed by atoms with Crippen LogP contribution in [0, 0.1) is 0 Å². The molecular formula is C29H20N6O2. The number of aryl methyl sites for hydroxylation is 2. The molecule has 0 atom stereocenters. The number of hydrogen-bond acceptors (Lipinski definition) is 5. The van der Waals surface area contributed by atoms with E-state index in [0.29, 0.717) is 22.4 Å². The van der Waals surface area contributed by atoms with Gasteiger partial charge in [-0.05, 0) is 53.8 Å². The number of fused-ring (bicyclic) bond motifs is 6. The second kappa shape index (κ2) is 8.23. The highest BCUT2D eigenvalue weighted by molar-refractivity contribution is 6.03. The SMILES string of the molecule is O=C(Nc1ccccc1)c1nn(-c2ccccc2)c2nc3ncc4c(c3c(=O)n12)-c1ccccc1CC4. The zero-order chi connectivity index (χ0) is 24.9. The highest BCUT2D eigenvalue weighted by Gasteiger charge is 2.27. The van der Waals surface area contributed by atoms with Crippen molar-refractivity contribution in [3.05, 3.63) is 118 Å². The largest absolute Gasteiger partial charge is 0.319 e. The minimum Gasteiger partial charge on any atom is -0.319 e. The van der Waals surface area contributed by atoms with Gasteiger partial charge in [-0.15, -0.1) is 5.10 Å². The molecule has 0 aliphatic heterocycles. The molecule has 7 rings (SSSR count). The molecule has 3 heterocycles. The molecule has 0 unspecified atom stereocenters. The summed E-state index contributed by atoms with van der Waals surface area (Å²) in [4.78, 5) is 37.0. The fraction of sp³-hybridized carbons (Fsp3) is 0.0690. The lowest BCUT2D eigenvalue weighted by atomic mass is 9.85. The summed E-state index contributed by atoms with van der Waals surface area (Å²) in [5.74, 6) is -0.338. The first kappa shape index (κ1) is 21.2. The van der Waals surface area contributed by atoms with Gasteiger partial charge in [-0.25, -0.2) is 9.38 Å². The van der Waals surface area contributed by atoms with E-state index in [2.05, 4.69) is 21.5 Å². The standard InChI is InChI=1S/C29H20N6O2/c36-27(31-20-10-3-1-4-11-20)26-33-35(21-12-5-2-6-13-21)29-32-25-24(28(37)34(26)29)23-19(17-30-25)16-15-18-9-7-8-14-22(18)23/h1-14,17H,15-16H2,(H,31,36). The van der Waals surface area contributed by atoms with Crippen LogP contribution in [0.3, 0.4) is 0 Å². The number of pyridine rings is 1. The monoisotopic (exact) mass is 484 g/mol. The number of amides is 1. The van der Waals surface area contributed by atoms with Crippen LogP contribution in [0.5, 0.6) is 0 Å². The molecule has 0 bridgehead atoms. The van der Waals surface area contributed by atoms with Crippen molar-refractivity contribution in [3.8, 4) is 16.8 Å². The first-order chi connectivity index (χ1) is 18.2. The number of nitrogens with zero attached hydrogens (tertiary/aromatic N) is 5. The summed E-state index contributed by atoms with van der Waals surface area (Å²) in [6.45, 7) is 0. The smallest absolute Gasteiger partial charge is 0.294 e. The van der Waals surface area contributed by atoms with Crippen molar-refractivity contribution in [2.24, 2.45) is 0 Å². The zero-order valence-electron chi connectivity index (χ0n) is 19.6. The van der Waals surface area contributed by atoms with Gasteiger partial charge >= 0.3 is 0 Å². The Morgan fingerprint density at radius 1 is 0.838 bits per heavy atom. The van der Waals surface area contributed by atoms with Crippen LogP contribution in [-0.4, -0.2) is 30.1 Å². The molecular weight excluding hydrogens is 464 g/mol. The number of benzene rings is 3. The Morgan fingerprint density at radius 3 is 2.35 bits per heavy atom. The third kappa shape index (κ3) is 3.34. The molecule has 3 aromatic carbocycles. The van der Waals surface area contributed by atoms with E-state index in [1.807, 2.05) is 72.9 Å². The zero-order valence-corrected chi connectivity index (χ0v) is 19.6. The summed E-state index contributed by atoms with van der Waals surface area (Å²) in [5, 5.41) is 7.82. The Labute approximate surface area is 210 Å². The maximum Gasteiger partial charge on any atom is 0.294 e. The number of hydrogen-bond donors (Lipinski definition) is 1. The van der Waals surface area contributed by atoms with Crippen molar-refractivity contribution in [3.63, 3.8) is 0 Å². The average molecular weight is 485 g/mol. The first-order valence-corrected chi connectivity index (χ1v) is 12.0. The van der Waals surface area contributed by atoms with Gasteiger partial charge in [0.05, 0.1) is 11.1 Å². The third-order valence-corrected chi connectivity index (χ3v) is 6.74. The molecule has 3 aromatic heterocycles. The molecule has 0 saturated heterocycles. The highest BCUT2D eigenvalue weighted by atomic mass is 16.2. The molecule has 1 aliphatic rings. The van der Waals surface area contributed by atoms with Gasteiger partial charge in [0.25, 0.3) is 11.5 Å². The molecule has 0 radical (unpaired) electrons. The Kier molecular flexibility index (Phi) is 4.72. The second-order valence-corrected chi connectivity index (χ2v) is 8.96. The normalized spacial score (nSPS) is 12.3. The summed E-state index contributed by atoms with van der Waals surface area (Å²) in [6, 6.07) is 26.5. The Morgan fingerprint density at radius 2 is 1.54 bits per heavy atom. The quantitative estimate of drug-likeness (QED) is 0.401. The lowest BCUT2D eigenvalue weighted by Crippen LogP contribution is -2.24. The number of carbonyl (C=O) groups is 1. The van der Waals surface area contributed by atoms with Crippen LogP contribution in [-0.2, 0) is 12.8 Å². The number of carbonyl (C=O) groups excluding carboxylic acids is 1. The Balaban J connectivity index is 1.54. The van der Waals surface area contributed by atoms with Crippen LogP contribution in [0.25, 0.3) is 33.6 Å². The second-order valence-electron chi connectivity index (χ2n) is 8.96. The van der Waals surface area contributed by atoms with Gasteiger partial charge in [0.15, 0.2) is 5.65 Å². The maximum absolute atomic E-state index is 14.2. The molecule has 1 N–H and O–H groups in total. The number of para-hydroxylation sites is 2. The molecule has 178 valence electrons. The fourth-order valence-electron chi connectivity index (χ4n) is 5.04. The first-order valence-electron chi connectivity index (χ1n) is 12.0. The van der Waals surface area contributed by atoms with Gasteiger partial charge in [0, 0.05) is 17.4 Å². The predicted molar refractivity (Wildman–Crippen MR) is 141 cm³/mol. The van der Waals surface area contributed by atoms with Crippen molar-refractivity contribution in [2.75, 3.05) is 5.32 Å². The van der Waals surface area contributed by atoms with Crippen LogP contribution in [0.2, 0.25) is 0 Å². The van der Waals surface area contributed by atoms with Gasteiger partial charge in [-0.2, -0.15) is 9.67 Å². The van der Waals surface area contributed by atoms with Crippen molar-refractivity contribution in [2.45, 2.75) is 12.8 Å². The molecule has 8 heteroatoms. The molecule has 6 aromatic rings. The average Bonchev–Trinajstić information content (AvgIpc) is 3.34. The van der Waals surface area contributed by atoms with Gasteiger partial charge < -0.3 is 5.32 Å². The summed E-state index contributed by atoms with van der Waals surface area (Å²) in [5.41, 5.74) is 5.23. The number of anilines is 1. The van der Waals surface area contributed by atoms with Gasteiger partial charge in [-0.1, -0.05) is 60.7 Å². The van der Waals surface area contributed by atoms with E-state index in [1.54, 1.807) is 12.1 Å². The van der Waals surface area contributed by atoms with Crippen molar-refractivity contribution in [1.82, 2.24) is 24.1 Å². The van der Waals surface area contributed by atoms with Crippen molar-refractivity contribution in [1.29, 1.82) is 0 Å². The fourth-order valence-corrected chi connectivity index (χ4v) is 5.04. The van der Waals surface area contributed by atoms with Crippen molar-refractivity contribution >= 4 is 28.4 Å². The molecule has 0 fully saturated rings. The van der Waals surface area contributed by atoms with Crippen LogP contribution < -0.4 is 10.9 Å². The molecule has 1 amide bonds. The van der Waals surface area contributed by atoms with E-state index in [4.69, 9.17) is 4.98 Å². The third-order valence-electron chi connectivity index (χ3n) is 6.74. The van der Waals surface area contributed by atoms with Crippen molar-refractivity contribution < 1.29 is 4.79 Å². The summed E-state index contributed by atoms with van der Waals surface area (Å²) in [6.07, 6.45) is 3.47. The minimum absolute atomic E-state index is 0.0520. The number of aromatic nitrogens is 5. The molecule has 0 spiro atoms. The highest BCUT2D eigenvalue weighted by Crippen LogP contribution is 2.36. The number of rotatable bonds is 3. The minimum atomic E-state index is -0.507. The van der Waals surface area contributed by atoms with E-state index in [9.17, 15) is 9.59 Å². The Bertz CT molecular complexity index is 1890. The molecule has 0 saturated carbocycles. The van der Waals surface area contributed by atoms with Crippen LogP contribution in [0.4, 0.5) is 5.69 Å². The van der Waals surface area contributed by atoms with Gasteiger partial charge in [0.1, 0.15) is 0 Å². The van der Waals surface area contributed by atoms with Gasteiger partial charge in [-0.3, -0.25) is 9.59 Å². The molecule has 8 nitrogen and oxygen atoms in total. The van der Waals surface area contributed by atoms with E-state index < -0.39 is 5.91 Å². The summed E-state index contributed by atoms with van der Waals surface area (Å²) in [7, 11) is 0. The number of nitrogens with one attached hydrogen (secondary N) is 1. The van der Waals surface area contributed by atoms with Crippen LogP contribution in [0.1, 0.15) is 21.7 Å². The van der Waals surface area contributed by atoms with E-state index >= 15 is 0 Å².